The molecule has 3 saturated heterocycles. The third-order valence-corrected chi connectivity index (χ3v) is 8.55. The molecule has 0 radical (unpaired) electrons. The summed E-state index contributed by atoms with van der Waals surface area (Å²) in [6.45, 7) is 6.23. The maximum absolute atomic E-state index is 13.4. The van der Waals surface area contributed by atoms with Gasteiger partial charge in [-0.15, -0.1) is 11.8 Å². The minimum Gasteiger partial charge on any atom is -0.394 e. The maximum atomic E-state index is 13.4. The molecule has 0 saturated carbocycles. The number of amides is 3. The normalized spacial score (nSPS) is 38.0. The van der Waals surface area contributed by atoms with Crippen molar-refractivity contribution in [1.29, 1.82) is 0 Å². The van der Waals surface area contributed by atoms with Crippen molar-refractivity contribution in [3.8, 4) is 0 Å². The van der Waals surface area contributed by atoms with Gasteiger partial charge in [-0.2, -0.15) is 0 Å². The summed E-state index contributed by atoms with van der Waals surface area (Å²) < 4.78 is -0.931. The third kappa shape index (κ3) is 2.87. The van der Waals surface area contributed by atoms with Gasteiger partial charge in [0.1, 0.15) is 6.04 Å². The summed E-state index contributed by atoms with van der Waals surface area (Å²) >= 11 is 1.65. The molecular weight excluding hydrogens is 366 g/mol. The van der Waals surface area contributed by atoms with Gasteiger partial charge in [0.2, 0.25) is 17.7 Å². The zero-order valence-electron chi connectivity index (χ0n) is 16.6. The van der Waals surface area contributed by atoms with Gasteiger partial charge in [0.05, 0.1) is 29.2 Å². The highest BCUT2D eigenvalue weighted by Crippen LogP contribution is 2.71. The van der Waals surface area contributed by atoms with Crippen LogP contribution in [0.4, 0.5) is 0 Å². The summed E-state index contributed by atoms with van der Waals surface area (Å²) in [7, 11) is 1.59. The van der Waals surface area contributed by atoms with E-state index >= 15 is 0 Å². The van der Waals surface area contributed by atoms with Crippen LogP contribution >= 0.6 is 11.8 Å². The molecule has 3 N–H and O–H groups in total. The van der Waals surface area contributed by atoms with E-state index in [2.05, 4.69) is 17.6 Å². The molecule has 8 heteroatoms. The van der Waals surface area contributed by atoms with Crippen LogP contribution in [0.5, 0.6) is 0 Å². The molecule has 0 aliphatic carbocycles. The van der Waals surface area contributed by atoms with Gasteiger partial charge >= 0.3 is 0 Å². The Morgan fingerprint density at radius 2 is 2.07 bits per heavy atom. The zero-order valence-corrected chi connectivity index (χ0v) is 17.4. The first kappa shape index (κ1) is 20.5. The lowest BCUT2D eigenvalue weighted by Crippen LogP contribution is -2.56. The summed E-state index contributed by atoms with van der Waals surface area (Å²) in [5, 5.41) is 15.4. The monoisotopic (exact) mass is 397 g/mol. The highest BCUT2D eigenvalue weighted by molar-refractivity contribution is 8.02. The van der Waals surface area contributed by atoms with E-state index in [1.54, 1.807) is 30.6 Å². The van der Waals surface area contributed by atoms with Gasteiger partial charge in [-0.1, -0.05) is 13.3 Å². The smallest absolute Gasteiger partial charge is 0.244 e. The van der Waals surface area contributed by atoms with Crippen LogP contribution in [0.2, 0.25) is 0 Å². The summed E-state index contributed by atoms with van der Waals surface area (Å²) in [6, 6.07) is -1.10. The maximum Gasteiger partial charge on any atom is 0.244 e. The largest absolute Gasteiger partial charge is 0.394 e. The van der Waals surface area contributed by atoms with Crippen LogP contribution in [0.3, 0.4) is 0 Å². The number of rotatable bonds is 7. The fourth-order valence-corrected chi connectivity index (χ4v) is 7.61. The van der Waals surface area contributed by atoms with Gasteiger partial charge in [-0.25, -0.2) is 0 Å². The Bertz CT molecular complexity index is 644. The molecule has 0 aromatic rings. The second kappa shape index (κ2) is 7.28. The van der Waals surface area contributed by atoms with Crippen molar-refractivity contribution in [3.05, 3.63) is 0 Å². The van der Waals surface area contributed by atoms with Gasteiger partial charge in [-0.3, -0.25) is 14.4 Å². The van der Waals surface area contributed by atoms with Gasteiger partial charge in [-0.05, 0) is 33.1 Å². The Morgan fingerprint density at radius 3 is 2.67 bits per heavy atom. The molecule has 0 aromatic heterocycles. The molecule has 3 amide bonds. The number of carbonyl (C=O) groups is 3. The van der Waals surface area contributed by atoms with Crippen LogP contribution in [0, 0.1) is 11.8 Å². The number of hydrogen-bond acceptors (Lipinski definition) is 5. The molecule has 3 heterocycles. The average Bonchev–Trinajstić information content (AvgIpc) is 3.21. The first-order chi connectivity index (χ1) is 12.8. The van der Waals surface area contributed by atoms with Crippen molar-refractivity contribution in [2.45, 2.75) is 68.0 Å². The number of carbonyl (C=O) groups excluding carboxylic acids is 3. The molecule has 7 nitrogen and oxygen atoms in total. The minimum atomic E-state index is -0.643. The molecule has 2 bridgehead atoms. The fraction of sp³-hybridized carbons (Fsp3) is 0.842. The number of fused-ring (bicyclic) bond motifs is 1. The summed E-state index contributed by atoms with van der Waals surface area (Å²) in [5.74, 6) is -1.42. The third-order valence-electron chi connectivity index (χ3n) is 6.56. The van der Waals surface area contributed by atoms with Crippen molar-refractivity contribution >= 4 is 29.5 Å². The number of aliphatic hydroxyl groups excluding tert-OH is 1. The van der Waals surface area contributed by atoms with E-state index in [1.807, 2.05) is 6.92 Å². The Kier molecular flexibility index (Phi) is 5.51. The molecule has 2 unspecified atom stereocenters. The number of thioether (sulfide) groups is 1. The van der Waals surface area contributed by atoms with Crippen LogP contribution in [0.1, 0.15) is 46.5 Å². The molecular formula is C19H31N3O4S. The molecule has 3 aliphatic rings. The van der Waals surface area contributed by atoms with E-state index in [9.17, 15) is 19.5 Å². The fourth-order valence-electron chi connectivity index (χ4n) is 5.27. The number of hydrogen-bond donors (Lipinski definition) is 3. The Hall–Kier alpha value is -1.28. The van der Waals surface area contributed by atoms with E-state index < -0.39 is 28.7 Å². The lowest BCUT2D eigenvalue weighted by Gasteiger charge is -2.35. The van der Waals surface area contributed by atoms with E-state index in [-0.39, 0.29) is 29.1 Å². The predicted octanol–water partition coefficient (Wildman–Crippen LogP) is 0.511. The number of nitrogens with one attached hydrogen (secondary N) is 2. The van der Waals surface area contributed by atoms with Crippen LogP contribution in [-0.2, 0) is 14.4 Å². The second-order valence-electron chi connectivity index (χ2n) is 8.26. The first-order valence-corrected chi connectivity index (χ1v) is 10.7. The zero-order chi connectivity index (χ0) is 20.0. The van der Waals surface area contributed by atoms with E-state index in [4.69, 9.17) is 0 Å². The molecule has 3 rings (SSSR count). The molecule has 3 fully saturated rings. The molecule has 1 spiro atoms. The molecule has 3 aliphatic heterocycles. The van der Waals surface area contributed by atoms with E-state index in [0.717, 1.165) is 25.7 Å². The summed E-state index contributed by atoms with van der Waals surface area (Å²) in [6.07, 6.45) is 3.39. The van der Waals surface area contributed by atoms with Crippen molar-refractivity contribution in [1.82, 2.24) is 15.5 Å². The summed E-state index contributed by atoms with van der Waals surface area (Å²) in [5.41, 5.74) is 0. The van der Waals surface area contributed by atoms with Crippen molar-refractivity contribution in [3.63, 3.8) is 0 Å². The van der Waals surface area contributed by atoms with E-state index in [0.29, 0.717) is 6.54 Å². The predicted molar refractivity (Wildman–Crippen MR) is 104 cm³/mol. The lowest BCUT2D eigenvalue weighted by atomic mass is 9.66. The second-order valence-corrected chi connectivity index (χ2v) is 10.2. The number of likely N-dealkylation sites (tertiary alicyclic amines) is 1. The Labute approximate surface area is 165 Å². The van der Waals surface area contributed by atoms with Gasteiger partial charge in [0.25, 0.3) is 0 Å². The Morgan fingerprint density at radius 1 is 1.37 bits per heavy atom. The quantitative estimate of drug-likeness (QED) is 0.544. The first-order valence-electron chi connectivity index (χ1n) is 9.90. The molecule has 152 valence electrons. The minimum absolute atomic E-state index is 0.131. The van der Waals surface area contributed by atoms with Crippen molar-refractivity contribution in [2.24, 2.45) is 11.8 Å². The van der Waals surface area contributed by atoms with Crippen LogP contribution in [0.25, 0.3) is 0 Å². The van der Waals surface area contributed by atoms with Crippen molar-refractivity contribution in [2.75, 3.05) is 20.2 Å². The van der Waals surface area contributed by atoms with Crippen LogP contribution < -0.4 is 10.6 Å². The number of unbranched alkanes of at least 4 members (excludes halogenated alkanes) is 1. The standard InChI is InChI=1S/C19H31N3O4S/c1-5-6-9-21-16(25)14-19-8-7-18(3,27-19)12(15(24)20-4)13(19)17(26)22(14)11(2)10-23/h11-14,23H,5-10H2,1-4H3,(H,20,24)(H,21,25)/t11-,12+,13+,14?,18-,19?/m1/s1. The van der Waals surface area contributed by atoms with Gasteiger partial charge < -0.3 is 20.6 Å². The Balaban J connectivity index is 2.02. The molecule has 0 aromatic carbocycles. The SMILES string of the molecule is CCCCNC(=O)C1N([C@H](C)CO)C(=O)[C@@H]2[C@@H](C(=O)NC)[C@@]3(C)CCC12S3. The topological polar surface area (TPSA) is 98.7 Å². The van der Waals surface area contributed by atoms with Crippen LogP contribution in [0.15, 0.2) is 0 Å². The van der Waals surface area contributed by atoms with Gasteiger partial charge in [0, 0.05) is 18.3 Å². The molecule has 27 heavy (non-hydrogen) atoms. The summed E-state index contributed by atoms with van der Waals surface area (Å²) in [4.78, 5) is 40.8. The number of aliphatic hydroxyl groups is 1. The van der Waals surface area contributed by atoms with Gasteiger partial charge in [0.15, 0.2) is 0 Å². The van der Waals surface area contributed by atoms with Crippen molar-refractivity contribution < 1.29 is 19.5 Å². The highest BCUT2D eigenvalue weighted by Gasteiger charge is 2.77. The molecule has 6 atom stereocenters. The lowest BCUT2D eigenvalue weighted by molar-refractivity contribution is -0.142. The van der Waals surface area contributed by atoms with Crippen LogP contribution in [-0.4, -0.2) is 69.5 Å². The van der Waals surface area contributed by atoms with E-state index in [1.165, 1.54) is 0 Å². The average molecular weight is 398 g/mol. The number of nitrogens with zero attached hydrogens (tertiary/aromatic N) is 1. The highest BCUT2D eigenvalue weighted by atomic mass is 32.2.